The minimum Gasteiger partial charge on any atom is -0.309 e. The highest BCUT2D eigenvalue weighted by molar-refractivity contribution is 6.42. The molecule has 0 aliphatic rings. The third-order valence-electron chi connectivity index (χ3n) is 9.70. The first kappa shape index (κ1) is 24.5. The molecule has 1 heterocycles. The standard InChI is InChI=1S/C44H27N/c1-2-13-29-26-31(25-24-28(29)12-1)30-14-11-15-32(27-30)45-40-23-10-9-22-39(40)43-42-36-19-6-4-17-34(36)33-16-3-5-18-35(33)41(42)37-20-7-8-21-38(37)44(43)45/h1-27H. The van der Waals surface area contributed by atoms with Gasteiger partial charge in [-0.25, -0.2) is 0 Å². The van der Waals surface area contributed by atoms with E-state index in [2.05, 4.69) is 168 Å². The summed E-state index contributed by atoms with van der Waals surface area (Å²) in [7, 11) is 0. The van der Waals surface area contributed by atoms with E-state index in [0.29, 0.717) is 0 Å². The molecule has 0 spiro atoms. The Hall–Kier alpha value is -5.92. The van der Waals surface area contributed by atoms with Crippen LogP contribution in [0.3, 0.4) is 0 Å². The van der Waals surface area contributed by atoms with E-state index in [-0.39, 0.29) is 0 Å². The van der Waals surface area contributed by atoms with Gasteiger partial charge in [0.25, 0.3) is 0 Å². The number of fused-ring (bicyclic) bond motifs is 14. The fourth-order valence-corrected chi connectivity index (χ4v) is 7.80. The van der Waals surface area contributed by atoms with E-state index in [1.165, 1.54) is 92.5 Å². The number of para-hydroxylation sites is 1. The van der Waals surface area contributed by atoms with E-state index in [9.17, 15) is 0 Å². The molecule has 10 rings (SSSR count). The van der Waals surface area contributed by atoms with Crippen molar-refractivity contribution in [2.45, 2.75) is 0 Å². The second kappa shape index (κ2) is 9.29. The molecule has 0 radical (unpaired) electrons. The molecule has 0 N–H and O–H groups in total. The van der Waals surface area contributed by atoms with Gasteiger partial charge in [0, 0.05) is 27.2 Å². The lowest BCUT2D eigenvalue weighted by Gasteiger charge is -2.16. The van der Waals surface area contributed by atoms with Crippen LogP contribution in [0.2, 0.25) is 0 Å². The van der Waals surface area contributed by atoms with Crippen LogP contribution < -0.4 is 0 Å². The first-order chi connectivity index (χ1) is 22.3. The Kier molecular flexibility index (Phi) is 5.06. The average molecular weight is 570 g/mol. The zero-order valence-electron chi connectivity index (χ0n) is 24.5. The summed E-state index contributed by atoms with van der Waals surface area (Å²) >= 11 is 0. The summed E-state index contributed by atoms with van der Waals surface area (Å²) in [5, 5.41) is 15.5. The molecule has 0 atom stereocenters. The maximum atomic E-state index is 2.50. The van der Waals surface area contributed by atoms with Crippen LogP contribution in [-0.2, 0) is 0 Å². The highest BCUT2D eigenvalue weighted by atomic mass is 15.0. The van der Waals surface area contributed by atoms with Gasteiger partial charge in [0.1, 0.15) is 0 Å². The molecule has 10 aromatic rings. The molecule has 0 unspecified atom stereocenters. The molecule has 0 aliphatic heterocycles. The minimum atomic E-state index is 1.17. The van der Waals surface area contributed by atoms with Crippen LogP contribution >= 0.6 is 0 Å². The maximum Gasteiger partial charge on any atom is 0.0626 e. The number of hydrogen-bond donors (Lipinski definition) is 0. The Morgan fingerprint density at radius 3 is 1.62 bits per heavy atom. The Morgan fingerprint density at radius 1 is 0.311 bits per heavy atom. The van der Waals surface area contributed by atoms with Crippen LogP contribution in [0.25, 0.3) is 92.5 Å². The van der Waals surface area contributed by atoms with E-state index in [1.54, 1.807) is 0 Å². The number of nitrogens with zero attached hydrogens (tertiary/aromatic N) is 1. The van der Waals surface area contributed by atoms with Crippen LogP contribution in [0.4, 0.5) is 0 Å². The van der Waals surface area contributed by atoms with Crippen molar-refractivity contribution in [3.8, 4) is 16.8 Å². The van der Waals surface area contributed by atoms with Gasteiger partial charge in [0.05, 0.1) is 11.0 Å². The smallest absolute Gasteiger partial charge is 0.0626 e. The summed E-state index contributed by atoms with van der Waals surface area (Å²) in [4.78, 5) is 0. The summed E-state index contributed by atoms with van der Waals surface area (Å²) in [5.41, 5.74) is 6.09. The van der Waals surface area contributed by atoms with E-state index in [0.717, 1.165) is 0 Å². The van der Waals surface area contributed by atoms with Crippen molar-refractivity contribution in [3.05, 3.63) is 164 Å². The normalized spacial score (nSPS) is 12.0. The lowest BCUT2D eigenvalue weighted by Crippen LogP contribution is -1.96. The molecule has 9 aromatic carbocycles. The zero-order chi connectivity index (χ0) is 29.5. The summed E-state index contributed by atoms with van der Waals surface area (Å²) in [5.74, 6) is 0. The Morgan fingerprint density at radius 2 is 0.867 bits per heavy atom. The molecular weight excluding hydrogens is 542 g/mol. The van der Waals surface area contributed by atoms with Gasteiger partial charge in [0.2, 0.25) is 0 Å². The quantitative estimate of drug-likeness (QED) is 0.183. The van der Waals surface area contributed by atoms with Gasteiger partial charge in [-0.15, -0.1) is 0 Å². The number of rotatable bonds is 2. The van der Waals surface area contributed by atoms with Gasteiger partial charge in [-0.2, -0.15) is 0 Å². The molecule has 0 bridgehead atoms. The van der Waals surface area contributed by atoms with Crippen LogP contribution in [0.5, 0.6) is 0 Å². The highest BCUT2D eigenvalue weighted by Gasteiger charge is 2.22. The number of hydrogen-bond acceptors (Lipinski definition) is 0. The Labute approximate surface area is 260 Å². The van der Waals surface area contributed by atoms with Gasteiger partial charge in [-0.05, 0) is 78.5 Å². The molecule has 208 valence electrons. The van der Waals surface area contributed by atoms with Gasteiger partial charge >= 0.3 is 0 Å². The van der Waals surface area contributed by atoms with Crippen molar-refractivity contribution < 1.29 is 0 Å². The molecule has 0 amide bonds. The SMILES string of the molecule is c1cc(-c2ccc3ccccc3c2)cc(-n2c3ccccc3c3c4c5ccccc5c5ccccc5c4c4ccccc4c32)c1. The van der Waals surface area contributed by atoms with Crippen molar-refractivity contribution in [2.24, 2.45) is 0 Å². The molecule has 1 aromatic heterocycles. The summed E-state index contributed by atoms with van der Waals surface area (Å²) in [6.45, 7) is 0. The molecule has 1 heteroatoms. The Bertz CT molecular complexity index is 2820. The number of aromatic nitrogens is 1. The van der Waals surface area contributed by atoms with Crippen molar-refractivity contribution in [3.63, 3.8) is 0 Å². The molecule has 1 nitrogen and oxygen atoms in total. The predicted octanol–water partition coefficient (Wildman–Crippen LogP) is 12.2. The van der Waals surface area contributed by atoms with Gasteiger partial charge in [-0.3, -0.25) is 0 Å². The van der Waals surface area contributed by atoms with Crippen molar-refractivity contribution in [1.29, 1.82) is 0 Å². The minimum absolute atomic E-state index is 1.17. The van der Waals surface area contributed by atoms with Gasteiger partial charge < -0.3 is 4.57 Å². The van der Waals surface area contributed by atoms with Crippen LogP contribution in [0.1, 0.15) is 0 Å². The maximum absolute atomic E-state index is 2.50. The second-order valence-corrected chi connectivity index (χ2v) is 12.1. The van der Waals surface area contributed by atoms with E-state index in [1.807, 2.05) is 0 Å². The fourth-order valence-electron chi connectivity index (χ4n) is 7.80. The summed E-state index contributed by atoms with van der Waals surface area (Å²) in [6, 6.07) is 60.2. The van der Waals surface area contributed by atoms with Crippen molar-refractivity contribution >= 4 is 75.7 Å². The summed E-state index contributed by atoms with van der Waals surface area (Å²) in [6.07, 6.45) is 0. The number of benzene rings is 9. The monoisotopic (exact) mass is 569 g/mol. The molecular formula is C44H27N. The largest absolute Gasteiger partial charge is 0.309 e. The first-order valence-electron chi connectivity index (χ1n) is 15.6. The highest BCUT2D eigenvalue weighted by Crippen LogP contribution is 2.47. The topological polar surface area (TPSA) is 4.93 Å². The lowest BCUT2D eigenvalue weighted by molar-refractivity contribution is 1.19. The fraction of sp³-hybridized carbons (Fsp3) is 0. The van der Waals surface area contributed by atoms with Crippen LogP contribution in [-0.4, -0.2) is 4.57 Å². The Balaban J connectivity index is 1.40. The lowest BCUT2D eigenvalue weighted by atomic mass is 9.88. The zero-order valence-corrected chi connectivity index (χ0v) is 24.5. The van der Waals surface area contributed by atoms with E-state index < -0.39 is 0 Å². The van der Waals surface area contributed by atoms with E-state index >= 15 is 0 Å². The molecule has 0 saturated heterocycles. The average Bonchev–Trinajstić information content (AvgIpc) is 3.47. The van der Waals surface area contributed by atoms with Crippen LogP contribution in [0, 0.1) is 0 Å². The van der Waals surface area contributed by atoms with E-state index in [4.69, 9.17) is 0 Å². The predicted molar refractivity (Wildman–Crippen MR) is 194 cm³/mol. The van der Waals surface area contributed by atoms with Crippen LogP contribution in [0.15, 0.2) is 164 Å². The van der Waals surface area contributed by atoms with Crippen molar-refractivity contribution in [1.82, 2.24) is 4.57 Å². The molecule has 0 aliphatic carbocycles. The van der Waals surface area contributed by atoms with Gasteiger partial charge in [0.15, 0.2) is 0 Å². The molecule has 0 saturated carbocycles. The van der Waals surface area contributed by atoms with Crippen molar-refractivity contribution in [2.75, 3.05) is 0 Å². The third kappa shape index (κ3) is 3.44. The third-order valence-corrected chi connectivity index (χ3v) is 9.70. The second-order valence-electron chi connectivity index (χ2n) is 12.1. The molecule has 45 heavy (non-hydrogen) atoms. The molecule has 0 fully saturated rings. The first-order valence-corrected chi connectivity index (χ1v) is 15.6. The summed E-state index contributed by atoms with van der Waals surface area (Å²) < 4.78 is 2.50. The van der Waals surface area contributed by atoms with Gasteiger partial charge in [-0.1, -0.05) is 140 Å².